The minimum atomic E-state index is -4.90. The molecule has 0 saturated carbocycles. The molecule has 0 aliphatic heterocycles. The average molecular weight is 290 g/mol. The third-order valence-electron chi connectivity index (χ3n) is 2.83. The van der Waals surface area contributed by atoms with Crippen LogP contribution in [0.4, 0.5) is 18.9 Å². The van der Waals surface area contributed by atoms with Crippen LogP contribution in [0.15, 0.2) is 30.3 Å². The Morgan fingerprint density at radius 3 is 2.30 bits per heavy atom. The maximum Gasteiger partial charge on any atom is 0.418 e. The highest BCUT2D eigenvalue weighted by atomic mass is 19.4. The van der Waals surface area contributed by atoms with Crippen molar-refractivity contribution in [1.82, 2.24) is 0 Å². The molecule has 0 spiro atoms. The van der Waals surface area contributed by atoms with Crippen LogP contribution in [0, 0.1) is 0 Å². The first-order valence-corrected chi connectivity index (χ1v) is 6.01. The normalized spacial score (nSPS) is 14.5. The van der Waals surface area contributed by atoms with E-state index in [1.54, 1.807) is 30.3 Å². The summed E-state index contributed by atoms with van der Waals surface area (Å²) in [6, 6.07) is 8.36. The zero-order chi connectivity index (χ0) is 15.4. The summed E-state index contributed by atoms with van der Waals surface area (Å²) < 4.78 is 43.8. The summed E-state index contributed by atoms with van der Waals surface area (Å²) >= 11 is 0. The molecular weight excluding hydrogens is 273 g/mol. The molecule has 20 heavy (non-hydrogen) atoms. The molecule has 0 aromatic heterocycles. The van der Waals surface area contributed by atoms with Gasteiger partial charge in [-0.05, 0) is 19.1 Å². The second-order valence-corrected chi connectivity index (χ2v) is 4.38. The Morgan fingerprint density at radius 2 is 1.85 bits per heavy atom. The van der Waals surface area contributed by atoms with E-state index in [4.69, 9.17) is 5.73 Å². The fourth-order valence-corrected chi connectivity index (χ4v) is 1.68. The summed E-state index contributed by atoms with van der Waals surface area (Å²) in [5, 5.41) is 0. The van der Waals surface area contributed by atoms with Crippen LogP contribution in [0.5, 0.6) is 0 Å². The van der Waals surface area contributed by atoms with Crippen LogP contribution in [0.2, 0.25) is 0 Å². The molecule has 1 aromatic carbocycles. The smallest absolute Gasteiger partial charge is 0.418 e. The first-order valence-electron chi connectivity index (χ1n) is 6.01. The Morgan fingerprint density at radius 1 is 1.30 bits per heavy atom. The van der Waals surface area contributed by atoms with Crippen molar-refractivity contribution in [3.63, 3.8) is 0 Å². The van der Waals surface area contributed by atoms with Gasteiger partial charge in [-0.2, -0.15) is 13.2 Å². The summed E-state index contributed by atoms with van der Waals surface area (Å²) in [7, 11) is 1.43. The number of hydrogen-bond acceptors (Lipinski definition) is 4. The first kappa shape index (κ1) is 16.3. The number of nitrogens with two attached hydrogens (primary N) is 1. The molecule has 0 aliphatic carbocycles. The van der Waals surface area contributed by atoms with Gasteiger partial charge in [0.2, 0.25) is 5.54 Å². The molecule has 0 fully saturated rings. The molecular formula is C13H17F3N2O2. The molecule has 1 aromatic rings. The van der Waals surface area contributed by atoms with Gasteiger partial charge >= 0.3 is 12.1 Å². The van der Waals surface area contributed by atoms with Crippen molar-refractivity contribution >= 4 is 11.7 Å². The zero-order valence-electron chi connectivity index (χ0n) is 11.3. The number of halogens is 3. The van der Waals surface area contributed by atoms with Crippen molar-refractivity contribution in [3.8, 4) is 0 Å². The number of likely N-dealkylation sites (N-methyl/N-ethyl adjacent to an activating group) is 1. The highest BCUT2D eigenvalue weighted by molar-refractivity contribution is 5.82. The molecule has 0 heterocycles. The van der Waals surface area contributed by atoms with Gasteiger partial charge in [-0.25, -0.2) is 4.79 Å². The second kappa shape index (κ2) is 6.13. The van der Waals surface area contributed by atoms with E-state index in [0.717, 1.165) is 0 Å². The highest BCUT2D eigenvalue weighted by Gasteiger charge is 2.59. The van der Waals surface area contributed by atoms with Gasteiger partial charge in [0, 0.05) is 12.7 Å². The van der Waals surface area contributed by atoms with E-state index < -0.39 is 24.2 Å². The summed E-state index contributed by atoms with van der Waals surface area (Å²) in [5.74, 6) is -1.48. The van der Waals surface area contributed by atoms with Crippen LogP contribution >= 0.6 is 0 Å². The zero-order valence-corrected chi connectivity index (χ0v) is 11.3. The summed E-state index contributed by atoms with van der Waals surface area (Å²) in [5.41, 5.74) is 2.76. The number of ether oxygens (including phenoxy) is 1. The van der Waals surface area contributed by atoms with Crippen LogP contribution < -0.4 is 10.6 Å². The number of carbonyl (C=O) groups is 1. The molecule has 1 rings (SSSR count). The van der Waals surface area contributed by atoms with Crippen LogP contribution in [-0.4, -0.2) is 37.9 Å². The third-order valence-corrected chi connectivity index (χ3v) is 2.83. The van der Waals surface area contributed by atoms with E-state index in [9.17, 15) is 18.0 Å². The van der Waals surface area contributed by atoms with Crippen molar-refractivity contribution in [2.24, 2.45) is 5.73 Å². The molecule has 7 heteroatoms. The second-order valence-electron chi connectivity index (χ2n) is 4.38. The van der Waals surface area contributed by atoms with Crippen LogP contribution in [0.3, 0.4) is 0 Å². The lowest BCUT2D eigenvalue weighted by Gasteiger charge is -2.33. The van der Waals surface area contributed by atoms with Gasteiger partial charge in [-0.15, -0.1) is 0 Å². The SMILES string of the molecule is CCOC(=O)[C@@](N)(CN(C)c1ccccc1)C(F)(F)F. The molecule has 0 unspecified atom stereocenters. The van der Waals surface area contributed by atoms with Crippen molar-refractivity contribution in [3.05, 3.63) is 30.3 Å². The number of esters is 1. The Balaban J connectivity index is 2.99. The van der Waals surface area contributed by atoms with Crippen molar-refractivity contribution < 1.29 is 22.7 Å². The van der Waals surface area contributed by atoms with Gasteiger partial charge in [0.25, 0.3) is 0 Å². The molecule has 0 radical (unpaired) electrons. The monoisotopic (exact) mass is 290 g/mol. The standard InChI is InChI=1S/C13H17F3N2O2/c1-3-20-11(19)12(17,13(14,15)16)9-18(2)10-7-5-4-6-8-10/h4-8H,3,9,17H2,1-2H3/t12-/m0/s1. The molecule has 0 saturated heterocycles. The first-order chi connectivity index (χ1) is 9.22. The minimum Gasteiger partial charge on any atom is -0.464 e. The van der Waals surface area contributed by atoms with Crippen LogP contribution in [0.25, 0.3) is 0 Å². The van der Waals surface area contributed by atoms with E-state index in [2.05, 4.69) is 4.74 Å². The largest absolute Gasteiger partial charge is 0.464 e. The summed E-state index contributed by atoms with van der Waals surface area (Å²) in [4.78, 5) is 12.9. The number of nitrogens with zero attached hydrogens (tertiary/aromatic N) is 1. The predicted molar refractivity (Wildman–Crippen MR) is 69.3 cm³/mol. The van der Waals surface area contributed by atoms with Gasteiger partial charge < -0.3 is 15.4 Å². The number of benzene rings is 1. The van der Waals surface area contributed by atoms with Crippen molar-refractivity contribution in [1.29, 1.82) is 0 Å². The summed E-state index contributed by atoms with van der Waals surface area (Å²) in [6.45, 7) is 0.540. The predicted octanol–water partition coefficient (Wildman–Crippen LogP) is 1.95. The number of anilines is 1. The molecule has 1 atom stereocenters. The lowest BCUT2D eigenvalue weighted by molar-refractivity contribution is -0.203. The fraction of sp³-hybridized carbons (Fsp3) is 0.462. The van der Waals surface area contributed by atoms with Crippen molar-refractivity contribution in [2.45, 2.75) is 18.6 Å². The van der Waals surface area contributed by atoms with Crippen LogP contribution in [0.1, 0.15) is 6.92 Å². The molecule has 0 amide bonds. The number of alkyl halides is 3. The van der Waals surface area contributed by atoms with Gasteiger partial charge in [-0.3, -0.25) is 0 Å². The number of para-hydroxylation sites is 1. The average Bonchev–Trinajstić information content (AvgIpc) is 2.38. The molecule has 4 nitrogen and oxygen atoms in total. The topological polar surface area (TPSA) is 55.6 Å². The Labute approximate surface area is 115 Å². The van der Waals surface area contributed by atoms with Gasteiger partial charge in [0.05, 0.1) is 13.2 Å². The number of rotatable bonds is 5. The van der Waals surface area contributed by atoms with Crippen molar-refractivity contribution in [2.75, 3.05) is 25.1 Å². The van der Waals surface area contributed by atoms with Gasteiger partial charge in [-0.1, -0.05) is 18.2 Å². The lowest BCUT2D eigenvalue weighted by Crippen LogP contribution is -2.65. The third kappa shape index (κ3) is 3.41. The fourth-order valence-electron chi connectivity index (χ4n) is 1.68. The maximum absolute atomic E-state index is 13.1. The van der Waals surface area contributed by atoms with E-state index >= 15 is 0 Å². The van der Waals surface area contributed by atoms with E-state index in [-0.39, 0.29) is 6.61 Å². The Hall–Kier alpha value is -1.76. The summed E-state index contributed by atoms with van der Waals surface area (Å²) in [6.07, 6.45) is -4.90. The quantitative estimate of drug-likeness (QED) is 0.842. The minimum absolute atomic E-state index is 0.164. The molecule has 2 N–H and O–H groups in total. The maximum atomic E-state index is 13.1. The van der Waals surface area contributed by atoms with Crippen LogP contribution in [-0.2, 0) is 9.53 Å². The molecule has 112 valence electrons. The van der Waals surface area contributed by atoms with Gasteiger partial charge in [0.1, 0.15) is 0 Å². The highest BCUT2D eigenvalue weighted by Crippen LogP contribution is 2.31. The molecule has 0 aliphatic rings. The van der Waals surface area contributed by atoms with E-state index in [0.29, 0.717) is 5.69 Å². The Kier molecular flexibility index (Phi) is 4.99. The van der Waals surface area contributed by atoms with Gasteiger partial charge in [0.15, 0.2) is 0 Å². The number of carbonyl (C=O) groups excluding carboxylic acids is 1. The van der Waals surface area contributed by atoms with E-state index in [1.807, 2.05) is 0 Å². The van der Waals surface area contributed by atoms with E-state index in [1.165, 1.54) is 18.9 Å². The lowest BCUT2D eigenvalue weighted by atomic mass is 9.99. The number of hydrogen-bond donors (Lipinski definition) is 1. The molecule has 0 bridgehead atoms. The Bertz CT molecular complexity index is 451.